The van der Waals surface area contributed by atoms with Gasteiger partial charge in [-0.25, -0.2) is 0 Å². The minimum Gasteiger partial charge on any atom is -0.385 e. The highest BCUT2D eigenvalue weighted by Gasteiger charge is 2.05. The van der Waals surface area contributed by atoms with Gasteiger partial charge in [0, 0.05) is 32.2 Å². The number of nitrogens with one attached hydrogen (secondary N) is 2. The van der Waals surface area contributed by atoms with E-state index in [-0.39, 0.29) is 11.8 Å². The monoisotopic (exact) mass is 230 g/mol. The Bertz CT molecular complexity index is 184. The summed E-state index contributed by atoms with van der Waals surface area (Å²) in [6.45, 7) is 8.43. The Morgan fingerprint density at radius 2 is 1.94 bits per heavy atom. The number of ether oxygens (including phenoxy) is 1. The Balaban J connectivity index is 3.29. The van der Waals surface area contributed by atoms with Crippen LogP contribution in [0.5, 0.6) is 0 Å². The first-order valence-corrected chi connectivity index (χ1v) is 6.08. The van der Waals surface area contributed by atoms with E-state index in [1.165, 1.54) is 0 Å². The maximum absolute atomic E-state index is 11.2. The molecule has 0 bridgehead atoms. The Morgan fingerprint density at radius 3 is 2.50 bits per heavy atom. The molecule has 0 radical (unpaired) electrons. The van der Waals surface area contributed by atoms with Crippen LogP contribution in [0.2, 0.25) is 0 Å². The summed E-state index contributed by atoms with van der Waals surface area (Å²) >= 11 is 0. The van der Waals surface area contributed by atoms with E-state index in [0.717, 1.165) is 32.5 Å². The minimum absolute atomic E-state index is 0.0774. The smallest absolute Gasteiger partial charge is 0.222 e. The number of carbonyl (C=O) groups excluding carboxylic acids is 1. The number of hydrogen-bond acceptors (Lipinski definition) is 3. The van der Waals surface area contributed by atoms with Gasteiger partial charge in [-0.05, 0) is 26.3 Å². The summed E-state index contributed by atoms with van der Waals surface area (Å²) < 4.78 is 5.00. The van der Waals surface area contributed by atoms with E-state index in [2.05, 4.69) is 17.6 Å². The van der Waals surface area contributed by atoms with E-state index < -0.39 is 0 Å². The maximum Gasteiger partial charge on any atom is 0.222 e. The lowest BCUT2D eigenvalue weighted by Gasteiger charge is -2.13. The topological polar surface area (TPSA) is 50.4 Å². The molecule has 0 saturated heterocycles. The van der Waals surface area contributed by atoms with Crippen molar-refractivity contribution in [1.29, 1.82) is 0 Å². The standard InChI is InChI=1S/C12H26N2O2/c1-10(2)12(15)14-8-5-7-13-11(3)6-9-16-4/h10-11,13H,5-9H2,1-4H3,(H,14,15). The summed E-state index contributed by atoms with van der Waals surface area (Å²) in [6.07, 6.45) is 1.99. The van der Waals surface area contributed by atoms with E-state index in [4.69, 9.17) is 4.74 Å². The summed E-state index contributed by atoms with van der Waals surface area (Å²) in [5.41, 5.74) is 0. The van der Waals surface area contributed by atoms with Crippen LogP contribution in [0.3, 0.4) is 0 Å². The molecule has 16 heavy (non-hydrogen) atoms. The summed E-state index contributed by atoms with van der Waals surface area (Å²) in [5.74, 6) is 0.209. The molecule has 4 nitrogen and oxygen atoms in total. The lowest BCUT2D eigenvalue weighted by Crippen LogP contribution is -2.33. The van der Waals surface area contributed by atoms with Crippen molar-refractivity contribution >= 4 is 5.91 Å². The van der Waals surface area contributed by atoms with Crippen LogP contribution < -0.4 is 10.6 Å². The average molecular weight is 230 g/mol. The molecule has 0 aromatic heterocycles. The molecule has 0 aliphatic rings. The molecule has 0 heterocycles. The van der Waals surface area contributed by atoms with Crippen molar-refractivity contribution in [3.8, 4) is 0 Å². The molecule has 1 amide bonds. The Hall–Kier alpha value is -0.610. The van der Waals surface area contributed by atoms with Crippen molar-refractivity contribution in [3.63, 3.8) is 0 Å². The fourth-order valence-electron chi connectivity index (χ4n) is 1.25. The maximum atomic E-state index is 11.2. The second kappa shape index (κ2) is 9.60. The van der Waals surface area contributed by atoms with Crippen molar-refractivity contribution in [1.82, 2.24) is 10.6 Å². The predicted octanol–water partition coefficient (Wildman–Crippen LogP) is 1.16. The highest BCUT2D eigenvalue weighted by Crippen LogP contribution is 1.92. The van der Waals surface area contributed by atoms with Crippen molar-refractivity contribution in [2.45, 2.75) is 39.7 Å². The van der Waals surface area contributed by atoms with Gasteiger partial charge >= 0.3 is 0 Å². The molecule has 0 saturated carbocycles. The fourth-order valence-corrected chi connectivity index (χ4v) is 1.25. The van der Waals surface area contributed by atoms with Gasteiger partial charge in [0.15, 0.2) is 0 Å². The van der Waals surface area contributed by atoms with E-state index >= 15 is 0 Å². The van der Waals surface area contributed by atoms with Crippen LogP contribution in [0.15, 0.2) is 0 Å². The average Bonchev–Trinajstić information content (AvgIpc) is 2.25. The summed E-state index contributed by atoms with van der Waals surface area (Å²) in [6, 6.07) is 0.473. The van der Waals surface area contributed by atoms with Gasteiger partial charge < -0.3 is 15.4 Å². The van der Waals surface area contributed by atoms with E-state index in [1.807, 2.05) is 13.8 Å². The van der Waals surface area contributed by atoms with Crippen LogP contribution in [0.4, 0.5) is 0 Å². The summed E-state index contributed by atoms with van der Waals surface area (Å²) in [4.78, 5) is 11.2. The molecule has 1 atom stereocenters. The number of methoxy groups -OCH3 is 1. The summed E-state index contributed by atoms with van der Waals surface area (Å²) in [7, 11) is 1.72. The van der Waals surface area contributed by atoms with Crippen LogP contribution >= 0.6 is 0 Å². The first-order chi connectivity index (χ1) is 7.57. The van der Waals surface area contributed by atoms with Gasteiger partial charge in [-0.1, -0.05) is 13.8 Å². The van der Waals surface area contributed by atoms with Crippen LogP contribution in [0.1, 0.15) is 33.6 Å². The fraction of sp³-hybridized carbons (Fsp3) is 0.917. The van der Waals surface area contributed by atoms with Crippen molar-refractivity contribution in [2.24, 2.45) is 5.92 Å². The van der Waals surface area contributed by atoms with E-state index in [0.29, 0.717) is 6.04 Å². The lowest BCUT2D eigenvalue weighted by atomic mass is 10.2. The third-order valence-corrected chi connectivity index (χ3v) is 2.42. The van der Waals surface area contributed by atoms with Gasteiger partial charge in [-0.3, -0.25) is 4.79 Å². The molecule has 0 aliphatic carbocycles. The molecule has 0 spiro atoms. The first kappa shape index (κ1) is 15.4. The second-order valence-corrected chi connectivity index (χ2v) is 4.44. The lowest BCUT2D eigenvalue weighted by molar-refractivity contribution is -0.123. The number of amides is 1. The predicted molar refractivity (Wildman–Crippen MR) is 66.4 cm³/mol. The molecule has 0 aliphatic heterocycles. The quantitative estimate of drug-likeness (QED) is 0.584. The van der Waals surface area contributed by atoms with Crippen molar-refractivity contribution < 1.29 is 9.53 Å². The Morgan fingerprint density at radius 1 is 1.25 bits per heavy atom. The van der Waals surface area contributed by atoms with E-state index in [9.17, 15) is 4.79 Å². The molecule has 0 fully saturated rings. The third-order valence-electron chi connectivity index (χ3n) is 2.42. The third kappa shape index (κ3) is 8.68. The zero-order valence-corrected chi connectivity index (χ0v) is 11.0. The molecular weight excluding hydrogens is 204 g/mol. The van der Waals surface area contributed by atoms with Crippen molar-refractivity contribution in [3.05, 3.63) is 0 Å². The van der Waals surface area contributed by atoms with Crippen LogP contribution in [0.25, 0.3) is 0 Å². The zero-order valence-electron chi connectivity index (χ0n) is 11.0. The molecule has 96 valence electrons. The van der Waals surface area contributed by atoms with Crippen LogP contribution in [0, 0.1) is 5.92 Å². The highest BCUT2D eigenvalue weighted by atomic mass is 16.5. The highest BCUT2D eigenvalue weighted by molar-refractivity contribution is 5.77. The van der Waals surface area contributed by atoms with Crippen LogP contribution in [-0.2, 0) is 9.53 Å². The second-order valence-electron chi connectivity index (χ2n) is 4.44. The zero-order chi connectivity index (χ0) is 12.4. The first-order valence-electron chi connectivity index (χ1n) is 6.08. The Labute approximate surface area is 99.1 Å². The largest absolute Gasteiger partial charge is 0.385 e. The summed E-state index contributed by atoms with van der Waals surface area (Å²) in [5, 5.41) is 6.28. The van der Waals surface area contributed by atoms with Crippen LogP contribution in [-0.4, -0.2) is 38.8 Å². The van der Waals surface area contributed by atoms with Gasteiger partial charge in [0.05, 0.1) is 0 Å². The number of hydrogen-bond donors (Lipinski definition) is 2. The Kier molecular flexibility index (Phi) is 9.24. The van der Waals surface area contributed by atoms with Gasteiger partial charge in [-0.15, -0.1) is 0 Å². The van der Waals surface area contributed by atoms with Gasteiger partial charge in [0.25, 0.3) is 0 Å². The van der Waals surface area contributed by atoms with Crippen molar-refractivity contribution in [2.75, 3.05) is 26.8 Å². The molecule has 0 rings (SSSR count). The molecule has 4 heteroatoms. The van der Waals surface area contributed by atoms with E-state index in [1.54, 1.807) is 7.11 Å². The normalized spacial score (nSPS) is 12.8. The van der Waals surface area contributed by atoms with Gasteiger partial charge in [0.1, 0.15) is 0 Å². The minimum atomic E-state index is 0.0774. The molecule has 1 unspecified atom stereocenters. The van der Waals surface area contributed by atoms with Gasteiger partial charge in [0.2, 0.25) is 5.91 Å². The molecular formula is C12H26N2O2. The SMILES string of the molecule is COCCC(C)NCCCNC(=O)C(C)C. The number of rotatable bonds is 9. The molecule has 2 N–H and O–H groups in total. The molecule has 0 aromatic rings. The van der Waals surface area contributed by atoms with Gasteiger partial charge in [-0.2, -0.15) is 0 Å². The molecule has 0 aromatic carbocycles. The number of carbonyl (C=O) groups is 1.